The second kappa shape index (κ2) is 7.13. The minimum Gasteiger partial charge on any atom is -0.380 e. The molecular weight excluding hydrogens is 260 g/mol. The summed E-state index contributed by atoms with van der Waals surface area (Å²) < 4.78 is 5.37. The molecule has 19 heavy (non-hydrogen) atoms. The first-order valence-electron chi connectivity index (χ1n) is 7.01. The van der Waals surface area contributed by atoms with Crippen LogP contribution in [0.1, 0.15) is 25.3 Å². The molecule has 0 spiro atoms. The molecule has 1 N–H and O–H groups in total. The highest BCUT2D eigenvalue weighted by atomic mass is 35.5. The molecule has 1 aromatic rings. The van der Waals surface area contributed by atoms with Crippen LogP contribution in [0.3, 0.4) is 0 Å². The van der Waals surface area contributed by atoms with E-state index in [1.165, 1.54) is 18.4 Å². The smallest absolute Gasteiger partial charge is 0.0642 e. The third kappa shape index (κ3) is 4.68. The molecule has 0 atom stereocenters. The molecule has 0 radical (unpaired) electrons. The van der Waals surface area contributed by atoms with Crippen LogP contribution in [-0.4, -0.2) is 32.8 Å². The molecule has 106 valence electrons. The van der Waals surface area contributed by atoms with E-state index in [-0.39, 0.29) is 0 Å². The van der Waals surface area contributed by atoms with Gasteiger partial charge in [0, 0.05) is 32.8 Å². The lowest BCUT2D eigenvalue weighted by Gasteiger charge is -2.21. The molecule has 1 saturated carbocycles. The molecule has 0 aromatic heterocycles. The van der Waals surface area contributed by atoms with Crippen LogP contribution in [0.15, 0.2) is 18.2 Å². The highest BCUT2D eigenvalue weighted by Gasteiger charge is 2.20. The van der Waals surface area contributed by atoms with Crippen LogP contribution in [0, 0.1) is 0 Å². The Balaban J connectivity index is 1.89. The summed E-state index contributed by atoms with van der Waals surface area (Å²) in [5.74, 6) is 0. The van der Waals surface area contributed by atoms with Gasteiger partial charge in [0.25, 0.3) is 0 Å². The molecule has 1 fully saturated rings. The van der Waals surface area contributed by atoms with Gasteiger partial charge in [-0.05, 0) is 37.5 Å². The summed E-state index contributed by atoms with van der Waals surface area (Å²) in [6, 6.07) is 7.03. The average molecular weight is 283 g/mol. The van der Waals surface area contributed by atoms with Gasteiger partial charge in [0.15, 0.2) is 0 Å². The largest absolute Gasteiger partial charge is 0.380 e. The van der Waals surface area contributed by atoms with Crippen molar-refractivity contribution < 1.29 is 4.74 Å². The number of nitrogens with zero attached hydrogens (tertiary/aromatic N) is 1. The first-order chi connectivity index (χ1) is 9.20. The van der Waals surface area contributed by atoms with Crippen LogP contribution in [0.2, 0.25) is 5.02 Å². The van der Waals surface area contributed by atoms with Crippen molar-refractivity contribution in [3.63, 3.8) is 0 Å². The molecule has 1 aromatic carbocycles. The van der Waals surface area contributed by atoms with Crippen molar-refractivity contribution in [1.29, 1.82) is 0 Å². The third-order valence-electron chi connectivity index (χ3n) is 3.37. The predicted octanol–water partition coefficient (Wildman–Crippen LogP) is 3.06. The third-order valence-corrected chi connectivity index (χ3v) is 3.67. The number of rotatable bonds is 8. The predicted molar refractivity (Wildman–Crippen MR) is 81.1 cm³/mol. The molecule has 0 heterocycles. The second-order valence-electron chi connectivity index (χ2n) is 5.06. The van der Waals surface area contributed by atoms with Crippen LogP contribution in [0.25, 0.3) is 0 Å². The van der Waals surface area contributed by atoms with Gasteiger partial charge in [0.05, 0.1) is 17.3 Å². The summed E-state index contributed by atoms with van der Waals surface area (Å²) in [4.78, 5) is 2.14. The normalized spacial score (nSPS) is 14.7. The standard InChI is InChI=1S/C15H23ClN2O/c1-3-19-9-8-18(2)15-7-4-12(10-14(15)16)11-17-13-5-6-13/h4,7,10,13,17H,3,5-6,8-9,11H2,1-2H3. The lowest BCUT2D eigenvalue weighted by molar-refractivity contribution is 0.154. The summed E-state index contributed by atoms with van der Waals surface area (Å²) >= 11 is 6.36. The lowest BCUT2D eigenvalue weighted by Crippen LogP contribution is -2.23. The highest BCUT2D eigenvalue weighted by molar-refractivity contribution is 6.33. The molecule has 2 rings (SSSR count). The molecule has 0 aliphatic heterocycles. The van der Waals surface area contributed by atoms with Crippen LogP contribution < -0.4 is 10.2 Å². The highest BCUT2D eigenvalue weighted by Crippen LogP contribution is 2.26. The van der Waals surface area contributed by atoms with Crippen LogP contribution >= 0.6 is 11.6 Å². The van der Waals surface area contributed by atoms with E-state index < -0.39 is 0 Å². The van der Waals surface area contributed by atoms with E-state index in [1.807, 2.05) is 14.0 Å². The maximum Gasteiger partial charge on any atom is 0.0642 e. The van der Waals surface area contributed by atoms with Crippen molar-refractivity contribution in [1.82, 2.24) is 5.32 Å². The molecule has 4 heteroatoms. The van der Waals surface area contributed by atoms with Crippen LogP contribution in [-0.2, 0) is 11.3 Å². The van der Waals surface area contributed by atoms with Gasteiger partial charge in [-0.2, -0.15) is 0 Å². The van der Waals surface area contributed by atoms with Gasteiger partial charge in [0.1, 0.15) is 0 Å². The zero-order valence-electron chi connectivity index (χ0n) is 11.8. The number of anilines is 1. The molecule has 0 bridgehead atoms. The fraction of sp³-hybridized carbons (Fsp3) is 0.600. The Hall–Kier alpha value is -0.770. The zero-order valence-corrected chi connectivity index (χ0v) is 12.5. The molecule has 3 nitrogen and oxygen atoms in total. The first kappa shape index (κ1) is 14.6. The molecule has 0 unspecified atom stereocenters. The summed E-state index contributed by atoms with van der Waals surface area (Å²) in [7, 11) is 2.04. The number of likely N-dealkylation sites (N-methyl/N-ethyl adjacent to an activating group) is 1. The van der Waals surface area contributed by atoms with Crippen molar-refractivity contribution in [2.45, 2.75) is 32.4 Å². The van der Waals surface area contributed by atoms with E-state index in [4.69, 9.17) is 16.3 Å². The summed E-state index contributed by atoms with van der Waals surface area (Å²) in [6.07, 6.45) is 2.62. The average Bonchev–Trinajstić information content (AvgIpc) is 3.20. The topological polar surface area (TPSA) is 24.5 Å². The Labute approximate surface area is 120 Å². The Morgan fingerprint density at radius 3 is 2.84 bits per heavy atom. The minimum atomic E-state index is 0.729. The SMILES string of the molecule is CCOCCN(C)c1ccc(CNC2CC2)cc1Cl. The van der Waals surface area contributed by atoms with Crippen LogP contribution in [0.4, 0.5) is 5.69 Å². The summed E-state index contributed by atoms with van der Waals surface area (Å²) in [5.41, 5.74) is 2.32. The van der Waals surface area contributed by atoms with Crippen molar-refractivity contribution in [2.24, 2.45) is 0 Å². The number of benzene rings is 1. The molecule has 0 saturated heterocycles. The zero-order chi connectivity index (χ0) is 13.7. The number of ether oxygens (including phenoxy) is 1. The van der Waals surface area contributed by atoms with Gasteiger partial charge in [-0.3, -0.25) is 0 Å². The quantitative estimate of drug-likeness (QED) is 0.742. The Bertz CT molecular complexity index is 407. The number of halogens is 1. The maximum atomic E-state index is 6.36. The summed E-state index contributed by atoms with van der Waals surface area (Å²) in [6.45, 7) is 5.26. The number of nitrogens with one attached hydrogen (secondary N) is 1. The van der Waals surface area contributed by atoms with Gasteiger partial charge in [-0.1, -0.05) is 17.7 Å². The van der Waals surface area contributed by atoms with Crippen molar-refractivity contribution in [2.75, 3.05) is 31.7 Å². The van der Waals surface area contributed by atoms with Gasteiger partial charge in [-0.25, -0.2) is 0 Å². The first-order valence-corrected chi connectivity index (χ1v) is 7.39. The Morgan fingerprint density at radius 2 is 2.21 bits per heavy atom. The van der Waals surface area contributed by atoms with E-state index in [0.29, 0.717) is 0 Å². The van der Waals surface area contributed by atoms with Gasteiger partial charge in [0.2, 0.25) is 0 Å². The molecular formula is C15H23ClN2O. The minimum absolute atomic E-state index is 0.729. The maximum absolute atomic E-state index is 6.36. The Morgan fingerprint density at radius 1 is 1.42 bits per heavy atom. The van der Waals surface area contributed by atoms with E-state index >= 15 is 0 Å². The molecule has 0 amide bonds. The van der Waals surface area contributed by atoms with Gasteiger partial charge in [-0.15, -0.1) is 0 Å². The van der Waals surface area contributed by atoms with E-state index in [9.17, 15) is 0 Å². The lowest BCUT2D eigenvalue weighted by atomic mass is 10.2. The fourth-order valence-corrected chi connectivity index (χ4v) is 2.33. The monoisotopic (exact) mass is 282 g/mol. The fourth-order valence-electron chi connectivity index (χ4n) is 1.99. The van der Waals surface area contributed by atoms with E-state index in [2.05, 4.69) is 28.4 Å². The van der Waals surface area contributed by atoms with Gasteiger partial charge >= 0.3 is 0 Å². The molecule has 1 aliphatic rings. The molecule has 1 aliphatic carbocycles. The summed E-state index contributed by atoms with van der Waals surface area (Å²) in [5, 5.41) is 4.31. The Kier molecular flexibility index (Phi) is 5.49. The van der Waals surface area contributed by atoms with E-state index in [0.717, 1.165) is 43.1 Å². The second-order valence-corrected chi connectivity index (χ2v) is 5.47. The number of hydrogen-bond donors (Lipinski definition) is 1. The van der Waals surface area contributed by atoms with Crippen molar-refractivity contribution >= 4 is 17.3 Å². The number of hydrogen-bond acceptors (Lipinski definition) is 3. The van der Waals surface area contributed by atoms with Crippen molar-refractivity contribution in [3.8, 4) is 0 Å². The van der Waals surface area contributed by atoms with E-state index in [1.54, 1.807) is 0 Å². The van der Waals surface area contributed by atoms with Gasteiger partial charge < -0.3 is 15.0 Å². The van der Waals surface area contributed by atoms with Crippen LogP contribution in [0.5, 0.6) is 0 Å². The van der Waals surface area contributed by atoms with Crippen molar-refractivity contribution in [3.05, 3.63) is 28.8 Å².